The highest BCUT2D eigenvalue weighted by Crippen LogP contribution is 2.29. The average molecular weight is 244 g/mol. The summed E-state index contributed by atoms with van der Waals surface area (Å²) >= 11 is 0. The van der Waals surface area contributed by atoms with Crippen LogP contribution in [0.25, 0.3) is 0 Å². The van der Waals surface area contributed by atoms with Gasteiger partial charge in [0.15, 0.2) is 5.69 Å². The van der Waals surface area contributed by atoms with Gasteiger partial charge in [0.25, 0.3) is 0 Å². The van der Waals surface area contributed by atoms with E-state index in [0.717, 1.165) is 18.3 Å². The van der Waals surface area contributed by atoms with Crippen molar-refractivity contribution in [3.63, 3.8) is 0 Å². The molecule has 4 heteroatoms. The maximum Gasteiger partial charge on any atom is 0.165 e. The third-order valence-corrected chi connectivity index (χ3v) is 3.87. The minimum absolute atomic E-state index is 0.302. The molecule has 1 saturated carbocycles. The molecule has 2 rings (SSSR count). The molecule has 1 aromatic heterocycles. The van der Waals surface area contributed by atoms with Crippen molar-refractivity contribution < 1.29 is 0 Å². The van der Waals surface area contributed by atoms with E-state index in [1.807, 2.05) is 12.1 Å². The van der Waals surface area contributed by atoms with Gasteiger partial charge in [0.1, 0.15) is 11.9 Å². The van der Waals surface area contributed by atoms with Crippen molar-refractivity contribution in [1.82, 2.24) is 4.98 Å². The van der Waals surface area contributed by atoms with Crippen LogP contribution in [-0.2, 0) is 0 Å². The fourth-order valence-corrected chi connectivity index (χ4v) is 2.59. The van der Waals surface area contributed by atoms with Crippen molar-refractivity contribution in [2.45, 2.75) is 32.6 Å². The summed E-state index contributed by atoms with van der Waals surface area (Å²) in [5.74, 6) is 2.23. The summed E-state index contributed by atoms with van der Waals surface area (Å²) in [7, 11) is 0. The predicted octanol–water partition coefficient (Wildman–Crippen LogP) is 2.77. The molecule has 96 valence electrons. The van der Waals surface area contributed by atoms with Gasteiger partial charge in [-0.1, -0.05) is 26.2 Å². The third kappa shape index (κ3) is 2.92. The Balaban J connectivity index is 1.95. The maximum atomic E-state index is 8.88. The number of pyridine rings is 1. The van der Waals surface area contributed by atoms with E-state index < -0.39 is 0 Å². The van der Waals surface area contributed by atoms with E-state index >= 15 is 0 Å². The van der Waals surface area contributed by atoms with Crippen LogP contribution in [0, 0.1) is 23.2 Å². The number of nitrogens with zero attached hydrogens (tertiary/aromatic N) is 2. The zero-order valence-electron chi connectivity index (χ0n) is 10.8. The number of anilines is 2. The summed E-state index contributed by atoms with van der Waals surface area (Å²) in [6, 6.07) is 5.58. The van der Waals surface area contributed by atoms with Gasteiger partial charge in [0, 0.05) is 6.54 Å². The number of nitrogens with one attached hydrogen (secondary N) is 1. The first-order chi connectivity index (χ1) is 8.70. The average Bonchev–Trinajstić information content (AvgIpc) is 2.39. The largest absolute Gasteiger partial charge is 0.396 e. The lowest BCUT2D eigenvalue weighted by Gasteiger charge is -2.28. The first kappa shape index (κ1) is 12.7. The van der Waals surface area contributed by atoms with Crippen molar-refractivity contribution in [1.29, 1.82) is 5.26 Å². The van der Waals surface area contributed by atoms with Gasteiger partial charge in [-0.05, 0) is 30.4 Å². The van der Waals surface area contributed by atoms with E-state index in [-0.39, 0.29) is 0 Å². The number of rotatable bonds is 3. The molecule has 1 aliphatic carbocycles. The Bertz CT molecular complexity index is 450. The van der Waals surface area contributed by atoms with Crippen LogP contribution < -0.4 is 11.1 Å². The molecule has 2 unspecified atom stereocenters. The second-order valence-corrected chi connectivity index (χ2v) is 5.15. The van der Waals surface area contributed by atoms with Crippen molar-refractivity contribution in [2.24, 2.45) is 11.8 Å². The lowest BCUT2D eigenvalue weighted by Crippen LogP contribution is -2.24. The van der Waals surface area contributed by atoms with E-state index in [4.69, 9.17) is 11.0 Å². The number of aromatic nitrogens is 1. The Morgan fingerprint density at radius 1 is 1.44 bits per heavy atom. The van der Waals surface area contributed by atoms with Crippen molar-refractivity contribution in [2.75, 3.05) is 17.6 Å². The monoisotopic (exact) mass is 244 g/mol. The van der Waals surface area contributed by atoms with Crippen molar-refractivity contribution in [3.8, 4) is 6.07 Å². The van der Waals surface area contributed by atoms with Crippen LogP contribution in [0.15, 0.2) is 12.1 Å². The van der Waals surface area contributed by atoms with Gasteiger partial charge in [0.2, 0.25) is 0 Å². The molecule has 1 aliphatic rings. The fourth-order valence-electron chi connectivity index (χ4n) is 2.59. The molecule has 0 saturated heterocycles. The van der Waals surface area contributed by atoms with Crippen LogP contribution in [0.1, 0.15) is 38.3 Å². The summed E-state index contributed by atoms with van der Waals surface area (Å²) < 4.78 is 0. The summed E-state index contributed by atoms with van der Waals surface area (Å²) in [5, 5.41) is 12.2. The molecule has 0 aliphatic heterocycles. The Morgan fingerprint density at radius 2 is 2.22 bits per heavy atom. The number of nitriles is 1. The molecule has 2 atom stereocenters. The number of nitrogen functional groups attached to an aromatic ring is 1. The number of hydrogen-bond acceptors (Lipinski definition) is 4. The Labute approximate surface area is 108 Å². The van der Waals surface area contributed by atoms with Gasteiger partial charge in [-0.2, -0.15) is 5.26 Å². The molecule has 1 aromatic rings. The van der Waals surface area contributed by atoms with Crippen LogP contribution in [0.4, 0.5) is 11.5 Å². The van der Waals surface area contributed by atoms with Crippen LogP contribution in [-0.4, -0.2) is 11.5 Å². The fraction of sp³-hybridized carbons (Fsp3) is 0.571. The number of nitrogens with two attached hydrogens (primary N) is 1. The van der Waals surface area contributed by atoms with E-state index in [1.54, 1.807) is 6.07 Å². The summed E-state index contributed by atoms with van der Waals surface area (Å²) in [5.41, 5.74) is 6.39. The van der Waals surface area contributed by atoms with Gasteiger partial charge in [0.05, 0.1) is 5.69 Å². The first-order valence-electron chi connectivity index (χ1n) is 6.61. The molecule has 0 bridgehead atoms. The number of hydrogen-bond donors (Lipinski definition) is 2. The van der Waals surface area contributed by atoms with Crippen LogP contribution in [0.5, 0.6) is 0 Å². The molecule has 18 heavy (non-hydrogen) atoms. The quantitative estimate of drug-likeness (QED) is 0.857. The molecule has 0 radical (unpaired) electrons. The predicted molar refractivity (Wildman–Crippen MR) is 73.0 cm³/mol. The Kier molecular flexibility index (Phi) is 4.03. The minimum Gasteiger partial charge on any atom is -0.396 e. The van der Waals surface area contributed by atoms with Gasteiger partial charge < -0.3 is 11.1 Å². The highest BCUT2D eigenvalue weighted by molar-refractivity contribution is 5.54. The lowest BCUT2D eigenvalue weighted by molar-refractivity contribution is 0.268. The third-order valence-electron chi connectivity index (χ3n) is 3.87. The minimum atomic E-state index is 0.302. The first-order valence-corrected chi connectivity index (χ1v) is 6.61. The standard InChI is InChI=1S/C14H20N4/c1-10-4-2-3-5-11(10)9-17-14-7-6-12(16)13(8-15)18-14/h6-7,10-11H,2-5,9,16H2,1H3,(H,17,18). The molecule has 4 nitrogen and oxygen atoms in total. The summed E-state index contributed by atoms with van der Waals surface area (Å²) in [6.45, 7) is 3.26. The zero-order valence-corrected chi connectivity index (χ0v) is 10.8. The van der Waals surface area contributed by atoms with Gasteiger partial charge in [-0.15, -0.1) is 0 Å². The van der Waals surface area contributed by atoms with Crippen LogP contribution >= 0.6 is 0 Å². The van der Waals surface area contributed by atoms with E-state index in [0.29, 0.717) is 17.3 Å². The molecule has 1 fully saturated rings. The lowest BCUT2D eigenvalue weighted by atomic mass is 9.80. The van der Waals surface area contributed by atoms with Crippen LogP contribution in [0.2, 0.25) is 0 Å². The summed E-state index contributed by atoms with van der Waals surface area (Å²) in [6.07, 6.45) is 5.30. The van der Waals surface area contributed by atoms with Gasteiger partial charge in [-0.3, -0.25) is 0 Å². The van der Waals surface area contributed by atoms with Crippen molar-refractivity contribution in [3.05, 3.63) is 17.8 Å². The smallest absolute Gasteiger partial charge is 0.165 e. The van der Waals surface area contributed by atoms with Crippen molar-refractivity contribution >= 4 is 11.5 Å². The molecular weight excluding hydrogens is 224 g/mol. The molecule has 0 aromatic carbocycles. The van der Waals surface area contributed by atoms with E-state index in [9.17, 15) is 0 Å². The highest BCUT2D eigenvalue weighted by atomic mass is 15.0. The van der Waals surface area contributed by atoms with Gasteiger partial charge in [-0.25, -0.2) is 4.98 Å². The van der Waals surface area contributed by atoms with E-state index in [1.165, 1.54) is 25.7 Å². The second-order valence-electron chi connectivity index (χ2n) is 5.15. The van der Waals surface area contributed by atoms with Crippen LogP contribution in [0.3, 0.4) is 0 Å². The Hall–Kier alpha value is -1.76. The zero-order chi connectivity index (χ0) is 13.0. The maximum absolute atomic E-state index is 8.88. The molecule has 3 N–H and O–H groups in total. The molecule has 0 spiro atoms. The van der Waals surface area contributed by atoms with E-state index in [2.05, 4.69) is 17.2 Å². The summed E-state index contributed by atoms with van der Waals surface area (Å²) in [4.78, 5) is 4.20. The van der Waals surface area contributed by atoms with Gasteiger partial charge >= 0.3 is 0 Å². The molecule has 1 heterocycles. The SMILES string of the molecule is CC1CCCCC1CNc1ccc(N)c(C#N)n1. The second kappa shape index (κ2) is 5.72. The molecule has 0 amide bonds. The molecular formula is C14H20N4. The highest BCUT2D eigenvalue weighted by Gasteiger charge is 2.20. The topological polar surface area (TPSA) is 74.7 Å². The normalized spacial score (nSPS) is 23.3. The Morgan fingerprint density at radius 3 is 2.94 bits per heavy atom.